The average molecular weight is 436 g/mol. The first-order chi connectivity index (χ1) is 15.0. The molecule has 0 spiro atoms. The topological polar surface area (TPSA) is 51.5 Å². The molecular formula is C26H42FNO3. The second kappa shape index (κ2) is 22.5. The molecule has 0 radical (unpaired) electrons. The molecule has 0 N–H and O–H groups in total. The highest BCUT2D eigenvalue weighted by Gasteiger charge is 2.10. The fourth-order valence-corrected chi connectivity index (χ4v) is 2.38. The highest BCUT2D eigenvalue weighted by Crippen LogP contribution is 2.21. The molecule has 1 rings (SSSR count). The summed E-state index contributed by atoms with van der Waals surface area (Å²) in [5.74, 6) is -0.433. The lowest BCUT2D eigenvalue weighted by Crippen LogP contribution is -2.08. The van der Waals surface area contributed by atoms with Crippen molar-refractivity contribution in [3.63, 3.8) is 0 Å². The van der Waals surface area contributed by atoms with Gasteiger partial charge in [-0.25, -0.2) is 4.39 Å². The summed E-state index contributed by atoms with van der Waals surface area (Å²) >= 11 is 0. The summed E-state index contributed by atoms with van der Waals surface area (Å²) < 4.78 is 28.6. The average Bonchev–Trinajstić information content (AvgIpc) is 2.79. The van der Waals surface area contributed by atoms with Crippen LogP contribution in [-0.2, 0) is 9.47 Å². The highest BCUT2D eigenvalue weighted by molar-refractivity contribution is 5.44. The summed E-state index contributed by atoms with van der Waals surface area (Å²) in [6.45, 7) is 16.7. The van der Waals surface area contributed by atoms with Crippen molar-refractivity contribution in [1.82, 2.24) is 0 Å². The van der Waals surface area contributed by atoms with E-state index in [0.717, 1.165) is 0 Å². The Hall–Kier alpha value is -2.16. The predicted molar refractivity (Wildman–Crippen MR) is 128 cm³/mol. The molecule has 1 aromatic carbocycles. The Labute approximate surface area is 189 Å². The van der Waals surface area contributed by atoms with Gasteiger partial charge >= 0.3 is 0 Å². The van der Waals surface area contributed by atoms with Crippen molar-refractivity contribution in [3.05, 3.63) is 53.9 Å². The zero-order valence-corrected chi connectivity index (χ0v) is 20.3. The molecule has 1 aromatic rings. The minimum Gasteiger partial charge on any atom is -0.487 e. The minimum absolute atomic E-state index is 0.104. The molecule has 0 aliphatic carbocycles. The number of hydrogen-bond acceptors (Lipinski definition) is 4. The number of methoxy groups -OCH3 is 1. The van der Waals surface area contributed by atoms with E-state index in [4.69, 9.17) is 19.5 Å². The fourth-order valence-electron chi connectivity index (χ4n) is 2.38. The van der Waals surface area contributed by atoms with Crippen LogP contribution < -0.4 is 4.74 Å². The molecule has 0 atom stereocenters. The molecule has 0 bridgehead atoms. The first-order valence-electron chi connectivity index (χ1n) is 11.3. The van der Waals surface area contributed by atoms with Crippen LogP contribution in [0.1, 0.15) is 78.2 Å². The monoisotopic (exact) mass is 435 g/mol. The van der Waals surface area contributed by atoms with E-state index in [1.165, 1.54) is 70.3 Å². The van der Waals surface area contributed by atoms with Crippen molar-refractivity contribution in [3.8, 4) is 11.8 Å². The van der Waals surface area contributed by atoms with Gasteiger partial charge in [0, 0.05) is 7.11 Å². The molecule has 176 valence electrons. The van der Waals surface area contributed by atoms with Gasteiger partial charge in [0.1, 0.15) is 36.6 Å². The number of ether oxygens (including phenoxy) is 3. The number of unbranched alkanes of at least 4 members (excludes halogenated alkanes) is 6. The van der Waals surface area contributed by atoms with Gasteiger partial charge in [0.05, 0.1) is 6.61 Å². The number of nitriles is 1. The second-order valence-corrected chi connectivity index (χ2v) is 6.74. The van der Waals surface area contributed by atoms with Crippen molar-refractivity contribution in [2.24, 2.45) is 0 Å². The lowest BCUT2D eigenvalue weighted by molar-refractivity contribution is -0.0207. The normalized spacial score (nSPS) is 9.45. The van der Waals surface area contributed by atoms with E-state index in [9.17, 15) is 4.39 Å². The second-order valence-electron chi connectivity index (χ2n) is 6.74. The van der Waals surface area contributed by atoms with Crippen LogP contribution in [0.2, 0.25) is 0 Å². The number of halogens is 1. The summed E-state index contributed by atoms with van der Waals surface area (Å²) in [5, 5.41) is 8.87. The molecular weight excluding hydrogens is 393 g/mol. The van der Waals surface area contributed by atoms with Crippen molar-refractivity contribution in [2.45, 2.75) is 72.6 Å². The molecule has 31 heavy (non-hydrogen) atoms. The zero-order chi connectivity index (χ0) is 23.9. The van der Waals surface area contributed by atoms with Crippen LogP contribution in [0, 0.1) is 17.1 Å². The molecule has 0 fully saturated rings. The number of benzene rings is 1. The third kappa shape index (κ3) is 16.2. The number of nitrogens with zero attached hydrogens (tertiary/aromatic N) is 1. The molecule has 0 amide bonds. The molecule has 0 aromatic heterocycles. The highest BCUT2D eigenvalue weighted by atomic mass is 19.1. The summed E-state index contributed by atoms with van der Waals surface area (Å²) in [6.07, 6.45) is 9.97. The Morgan fingerprint density at radius 3 is 2.03 bits per heavy atom. The van der Waals surface area contributed by atoms with Crippen LogP contribution in [0.5, 0.6) is 5.75 Å². The van der Waals surface area contributed by atoms with Gasteiger partial charge < -0.3 is 14.2 Å². The molecule has 0 saturated carbocycles. The number of hydrogen-bond donors (Lipinski definition) is 0. The summed E-state index contributed by atoms with van der Waals surface area (Å²) in [7, 11) is 1.52. The van der Waals surface area contributed by atoms with Crippen molar-refractivity contribution in [1.29, 1.82) is 5.26 Å². The standard InChI is InChI=1S/C15H16FNO3.C9H20.C2H6/c1-11(8-19-10-18-3)12(2)9-20-15-6-4-5-14(16)13(15)7-17;1-3-5-7-9-8-6-4-2;1-2/h4-6H,1-2,8-10H2,3H3;3-9H2,1-2H3;1-2H3. The quantitative estimate of drug-likeness (QED) is 0.172. The van der Waals surface area contributed by atoms with Crippen molar-refractivity contribution >= 4 is 0 Å². The van der Waals surface area contributed by atoms with E-state index in [1.807, 2.05) is 13.8 Å². The molecule has 0 unspecified atom stereocenters. The first kappa shape index (κ1) is 31.0. The molecule has 0 aliphatic heterocycles. The molecule has 0 aliphatic rings. The van der Waals surface area contributed by atoms with Gasteiger partial charge in [-0.3, -0.25) is 0 Å². The maximum Gasteiger partial charge on any atom is 0.146 e. The number of rotatable bonds is 14. The Morgan fingerprint density at radius 2 is 1.52 bits per heavy atom. The lowest BCUT2D eigenvalue weighted by atomic mass is 10.1. The Balaban J connectivity index is 0. The third-order valence-electron chi connectivity index (χ3n) is 4.17. The Morgan fingerprint density at radius 1 is 0.968 bits per heavy atom. The van der Waals surface area contributed by atoms with Gasteiger partial charge in [-0.05, 0) is 23.3 Å². The van der Waals surface area contributed by atoms with E-state index in [2.05, 4.69) is 27.0 Å². The molecule has 0 saturated heterocycles. The first-order valence-corrected chi connectivity index (χ1v) is 11.3. The van der Waals surface area contributed by atoms with E-state index < -0.39 is 5.82 Å². The van der Waals surface area contributed by atoms with E-state index in [-0.39, 0.29) is 31.3 Å². The van der Waals surface area contributed by atoms with E-state index in [1.54, 1.807) is 6.07 Å². The van der Waals surface area contributed by atoms with Gasteiger partial charge in [-0.2, -0.15) is 5.26 Å². The Kier molecular flexibility index (Phi) is 22.5. The Bertz CT molecular complexity index is 632. The SMILES string of the molecule is C=C(COCOC)C(=C)COc1cccc(F)c1C#N.CC.CCCCCCCCC. The van der Waals surface area contributed by atoms with Crippen LogP contribution in [0.25, 0.3) is 0 Å². The lowest BCUT2D eigenvalue weighted by Gasteiger charge is -2.12. The largest absolute Gasteiger partial charge is 0.487 e. The fraction of sp³-hybridized carbons (Fsp3) is 0.577. The summed E-state index contributed by atoms with van der Waals surface area (Å²) in [5.41, 5.74) is 1.13. The third-order valence-corrected chi connectivity index (χ3v) is 4.17. The van der Waals surface area contributed by atoms with Gasteiger partial charge in [-0.15, -0.1) is 0 Å². The van der Waals surface area contributed by atoms with Crippen LogP contribution in [0.4, 0.5) is 4.39 Å². The van der Waals surface area contributed by atoms with Crippen LogP contribution in [0.3, 0.4) is 0 Å². The van der Waals surface area contributed by atoms with Crippen LogP contribution >= 0.6 is 0 Å². The van der Waals surface area contributed by atoms with E-state index in [0.29, 0.717) is 11.1 Å². The maximum absolute atomic E-state index is 13.4. The van der Waals surface area contributed by atoms with Crippen LogP contribution in [-0.4, -0.2) is 27.1 Å². The summed E-state index contributed by atoms with van der Waals surface area (Å²) in [4.78, 5) is 0. The smallest absolute Gasteiger partial charge is 0.146 e. The molecule has 0 heterocycles. The van der Waals surface area contributed by atoms with Gasteiger partial charge in [0.2, 0.25) is 0 Å². The predicted octanol–water partition coefficient (Wildman–Crippen LogP) is 7.59. The molecule has 4 nitrogen and oxygen atoms in total. The van der Waals surface area contributed by atoms with Gasteiger partial charge in [0.25, 0.3) is 0 Å². The van der Waals surface area contributed by atoms with Crippen molar-refractivity contribution < 1.29 is 18.6 Å². The summed E-state index contributed by atoms with van der Waals surface area (Å²) in [6, 6.07) is 5.98. The maximum atomic E-state index is 13.4. The van der Waals surface area contributed by atoms with Crippen LogP contribution in [0.15, 0.2) is 42.5 Å². The van der Waals surface area contributed by atoms with Crippen molar-refractivity contribution in [2.75, 3.05) is 27.1 Å². The zero-order valence-electron chi connectivity index (χ0n) is 20.3. The minimum atomic E-state index is -0.613. The van der Waals surface area contributed by atoms with Gasteiger partial charge in [-0.1, -0.05) is 91.9 Å². The molecule has 5 heteroatoms. The van der Waals surface area contributed by atoms with E-state index >= 15 is 0 Å². The van der Waals surface area contributed by atoms with Gasteiger partial charge in [0.15, 0.2) is 0 Å².